The molecule has 0 atom stereocenters. The molecule has 2 N–H and O–H groups in total. The van der Waals surface area contributed by atoms with Crippen LogP contribution in [0.15, 0.2) is 65.8 Å². The summed E-state index contributed by atoms with van der Waals surface area (Å²) >= 11 is 1.60. The summed E-state index contributed by atoms with van der Waals surface area (Å²) in [6.45, 7) is 3.98. The summed E-state index contributed by atoms with van der Waals surface area (Å²) in [6.07, 6.45) is 1.61. The highest BCUT2D eigenvalue weighted by atomic mass is 32.1. The molecule has 27 heavy (non-hydrogen) atoms. The van der Waals surface area contributed by atoms with Crippen LogP contribution in [0, 0.1) is 13.8 Å². The molecule has 5 nitrogen and oxygen atoms in total. The van der Waals surface area contributed by atoms with Gasteiger partial charge in [0.15, 0.2) is 0 Å². The molecule has 0 bridgehead atoms. The van der Waals surface area contributed by atoms with Crippen molar-refractivity contribution in [3.63, 3.8) is 0 Å². The third-order valence-corrected chi connectivity index (χ3v) is 4.75. The largest absolute Gasteiger partial charge is 0.322 e. The molecular formula is C21H19N3O2S. The highest BCUT2D eigenvalue weighted by Gasteiger charge is 2.09. The minimum Gasteiger partial charge on any atom is -0.322 e. The van der Waals surface area contributed by atoms with E-state index in [1.807, 2.05) is 38.1 Å². The molecule has 0 aliphatic carbocycles. The van der Waals surface area contributed by atoms with Crippen LogP contribution in [0.2, 0.25) is 0 Å². The Balaban J connectivity index is 1.63. The summed E-state index contributed by atoms with van der Waals surface area (Å²) in [4.78, 5) is 26.7. The molecule has 0 saturated carbocycles. The predicted molar refractivity (Wildman–Crippen MR) is 110 cm³/mol. The van der Waals surface area contributed by atoms with Gasteiger partial charge >= 0.3 is 0 Å². The molecule has 0 radical (unpaired) electrons. The first kappa shape index (κ1) is 18.5. The average molecular weight is 377 g/mol. The van der Waals surface area contributed by atoms with Gasteiger partial charge in [-0.05, 0) is 56.3 Å². The second kappa shape index (κ2) is 8.42. The van der Waals surface area contributed by atoms with Crippen molar-refractivity contribution in [1.29, 1.82) is 0 Å². The van der Waals surface area contributed by atoms with Gasteiger partial charge in [-0.1, -0.05) is 23.8 Å². The molecule has 2 aromatic carbocycles. The molecule has 136 valence electrons. The van der Waals surface area contributed by atoms with E-state index in [4.69, 9.17) is 0 Å². The Hall–Kier alpha value is -3.25. The van der Waals surface area contributed by atoms with Crippen molar-refractivity contribution in [2.75, 3.05) is 5.32 Å². The van der Waals surface area contributed by atoms with Crippen molar-refractivity contribution in [2.45, 2.75) is 13.8 Å². The van der Waals surface area contributed by atoms with Crippen LogP contribution in [0.25, 0.3) is 0 Å². The highest BCUT2D eigenvalue weighted by molar-refractivity contribution is 7.13. The number of hydrogen-bond donors (Lipinski definition) is 2. The molecule has 3 aromatic rings. The zero-order valence-electron chi connectivity index (χ0n) is 15.0. The number of aryl methyl sites for hydroxylation is 2. The van der Waals surface area contributed by atoms with Crippen molar-refractivity contribution in [2.24, 2.45) is 5.10 Å². The van der Waals surface area contributed by atoms with E-state index in [-0.39, 0.29) is 11.8 Å². The van der Waals surface area contributed by atoms with Crippen LogP contribution in [-0.2, 0) is 0 Å². The first-order valence-electron chi connectivity index (χ1n) is 8.39. The Morgan fingerprint density at radius 3 is 2.41 bits per heavy atom. The smallest absolute Gasteiger partial charge is 0.271 e. The van der Waals surface area contributed by atoms with Crippen LogP contribution < -0.4 is 10.7 Å². The van der Waals surface area contributed by atoms with E-state index in [9.17, 15) is 9.59 Å². The quantitative estimate of drug-likeness (QED) is 0.512. The van der Waals surface area contributed by atoms with Crippen molar-refractivity contribution in [1.82, 2.24) is 5.43 Å². The van der Waals surface area contributed by atoms with Crippen LogP contribution in [0.3, 0.4) is 0 Å². The lowest BCUT2D eigenvalue weighted by atomic mass is 10.1. The summed E-state index contributed by atoms with van der Waals surface area (Å²) in [6, 6.07) is 18.0. The highest BCUT2D eigenvalue weighted by Crippen LogP contribution is 2.14. The molecule has 1 aromatic heterocycles. The number of benzene rings is 2. The molecule has 0 aliphatic rings. The fourth-order valence-corrected chi connectivity index (χ4v) is 3.14. The van der Waals surface area contributed by atoms with E-state index in [0.29, 0.717) is 16.8 Å². The van der Waals surface area contributed by atoms with E-state index in [1.165, 1.54) is 4.88 Å². The SMILES string of the molecule is Cc1ccc(C(=O)Nc2cccc(C(=O)NN=Cc3ccc(C)s3)c2)cc1. The first-order valence-corrected chi connectivity index (χ1v) is 9.21. The van der Waals surface area contributed by atoms with Gasteiger partial charge in [-0.25, -0.2) is 5.43 Å². The molecule has 6 heteroatoms. The molecule has 3 rings (SSSR count). The zero-order chi connectivity index (χ0) is 19.2. The maximum Gasteiger partial charge on any atom is 0.271 e. The Bertz CT molecular complexity index is 991. The van der Waals surface area contributed by atoms with Crippen LogP contribution in [0.1, 0.15) is 36.0 Å². The average Bonchev–Trinajstić information content (AvgIpc) is 3.07. The summed E-state index contributed by atoms with van der Waals surface area (Å²) in [5.74, 6) is -0.565. The van der Waals surface area contributed by atoms with Crippen molar-refractivity contribution < 1.29 is 9.59 Å². The maximum absolute atomic E-state index is 12.3. The Morgan fingerprint density at radius 1 is 0.926 bits per heavy atom. The van der Waals surface area contributed by atoms with Gasteiger partial charge in [0.25, 0.3) is 11.8 Å². The monoisotopic (exact) mass is 377 g/mol. The van der Waals surface area contributed by atoms with Crippen molar-refractivity contribution in [3.8, 4) is 0 Å². The van der Waals surface area contributed by atoms with Gasteiger partial charge in [0, 0.05) is 26.6 Å². The lowest BCUT2D eigenvalue weighted by molar-refractivity contribution is 0.0953. The summed E-state index contributed by atoms with van der Waals surface area (Å²) in [7, 11) is 0. The lowest BCUT2D eigenvalue weighted by Gasteiger charge is -2.07. The molecule has 2 amide bonds. The van der Waals surface area contributed by atoms with E-state index in [1.54, 1.807) is 53.9 Å². The number of nitrogens with one attached hydrogen (secondary N) is 2. The number of carbonyl (C=O) groups is 2. The van der Waals surface area contributed by atoms with Crippen LogP contribution >= 0.6 is 11.3 Å². The second-order valence-corrected chi connectivity index (χ2v) is 7.37. The maximum atomic E-state index is 12.3. The van der Waals surface area contributed by atoms with Gasteiger partial charge in [0.2, 0.25) is 0 Å². The number of hydrazone groups is 1. The number of rotatable bonds is 5. The number of thiophene rings is 1. The summed E-state index contributed by atoms with van der Waals surface area (Å²) < 4.78 is 0. The Morgan fingerprint density at radius 2 is 1.70 bits per heavy atom. The second-order valence-electron chi connectivity index (χ2n) is 6.05. The van der Waals surface area contributed by atoms with Crippen molar-refractivity contribution >= 4 is 35.1 Å². The predicted octanol–water partition coefficient (Wildman–Crippen LogP) is 4.38. The number of amides is 2. The fourth-order valence-electron chi connectivity index (χ4n) is 2.39. The fraction of sp³-hybridized carbons (Fsp3) is 0.0952. The minimum atomic E-state index is -0.342. The lowest BCUT2D eigenvalue weighted by Crippen LogP contribution is -2.18. The molecule has 0 unspecified atom stereocenters. The Labute approximate surface area is 161 Å². The van der Waals surface area contributed by atoms with Crippen molar-refractivity contribution in [3.05, 3.63) is 87.1 Å². The van der Waals surface area contributed by atoms with Gasteiger partial charge in [0.1, 0.15) is 0 Å². The minimum absolute atomic E-state index is 0.223. The topological polar surface area (TPSA) is 70.6 Å². The Kier molecular flexibility index (Phi) is 5.78. The van der Waals surface area contributed by atoms with Crippen LogP contribution in [-0.4, -0.2) is 18.0 Å². The molecular weight excluding hydrogens is 358 g/mol. The molecule has 0 aliphatic heterocycles. The van der Waals surface area contributed by atoms with Gasteiger partial charge in [-0.15, -0.1) is 11.3 Å². The molecule has 0 saturated heterocycles. The van der Waals surface area contributed by atoms with Gasteiger partial charge in [-0.3, -0.25) is 9.59 Å². The number of anilines is 1. The summed E-state index contributed by atoms with van der Waals surface area (Å²) in [5.41, 5.74) is 5.11. The molecule has 0 spiro atoms. The molecule has 1 heterocycles. The number of carbonyl (C=O) groups excluding carboxylic acids is 2. The van der Waals surface area contributed by atoms with E-state index in [2.05, 4.69) is 15.8 Å². The standard InChI is InChI=1S/C21H19N3O2S/c1-14-6-9-16(10-7-14)20(25)23-18-5-3-4-17(12-18)21(26)24-22-13-19-11-8-15(2)27-19/h3-13H,1-2H3,(H,23,25)(H,24,26). The van der Waals surface area contributed by atoms with Gasteiger partial charge in [0.05, 0.1) is 6.21 Å². The van der Waals surface area contributed by atoms with Gasteiger partial charge < -0.3 is 5.32 Å². The van der Waals surface area contributed by atoms with E-state index >= 15 is 0 Å². The third-order valence-electron chi connectivity index (χ3n) is 3.82. The van der Waals surface area contributed by atoms with E-state index < -0.39 is 0 Å². The van der Waals surface area contributed by atoms with E-state index in [0.717, 1.165) is 10.4 Å². The van der Waals surface area contributed by atoms with Crippen LogP contribution in [0.4, 0.5) is 5.69 Å². The summed E-state index contributed by atoms with van der Waals surface area (Å²) in [5, 5.41) is 6.78. The normalized spacial score (nSPS) is 10.7. The number of hydrogen-bond acceptors (Lipinski definition) is 4. The number of nitrogens with zero attached hydrogens (tertiary/aromatic N) is 1. The zero-order valence-corrected chi connectivity index (χ0v) is 15.8. The van der Waals surface area contributed by atoms with Gasteiger partial charge in [-0.2, -0.15) is 5.10 Å². The van der Waals surface area contributed by atoms with Crippen LogP contribution in [0.5, 0.6) is 0 Å². The third kappa shape index (κ3) is 5.12. The first-order chi connectivity index (χ1) is 13.0. The molecule has 0 fully saturated rings.